The van der Waals surface area contributed by atoms with E-state index in [0.29, 0.717) is 0 Å². The summed E-state index contributed by atoms with van der Waals surface area (Å²) in [5, 5.41) is 6.04. The highest BCUT2D eigenvalue weighted by Crippen LogP contribution is 1.87. The SMILES string of the molecule is CCCNC(=O)C(C)NCCCOCCC. The van der Waals surface area contributed by atoms with Gasteiger partial charge in [0.25, 0.3) is 0 Å². The number of amides is 1. The van der Waals surface area contributed by atoms with E-state index >= 15 is 0 Å². The third kappa shape index (κ3) is 8.68. The summed E-state index contributed by atoms with van der Waals surface area (Å²) in [7, 11) is 0. The molecule has 0 aromatic carbocycles. The lowest BCUT2D eigenvalue weighted by atomic mass is 10.3. The van der Waals surface area contributed by atoms with Gasteiger partial charge in [-0.15, -0.1) is 0 Å². The van der Waals surface area contributed by atoms with E-state index in [4.69, 9.17) is 4.74 Å². The molecule has 16 heavy (non-hydrogen) atoms. The van der Waals surface area contributed by atoms with Crippen LogP contribution in [0.25, 0.3) is 0 Å². The lowest BCUT2D eigenvalue weighted by molar-refractivity contribution is -0.122. The molecular weight excluding hydrogens is 204 g/mol. The van der Waals surface area contributed by atoms with E-state index in [9.17, 15) is 4.79 Å². The molecule has 0 rings (SSSR count). The maximum absolute atomic E-state index is 11.5. The quantitative estimate of drug-likeness (QED) is 0.556. The fraction of sp³-hybridized carbons (Fsp3) is 0.917. The Morgan fingerprint density at radius 1 is 1.19 bits per heavy atom. The van der Waals surface area contributed by atoms with Gasteiger partial charge >= 0.3 is 0 Å². The maximum Gasteiger partial charge on any atom is 0.236 e. The van der Waals surface area contributed by atoms with E-state index in [2.05, 4.69) is 17.6 Å². The molecule has 0 saturated carbocycles. The summed E-state index contributed by atoms with van der Waals surface area (Å²) >= 11 is 0. The molecule has 0 aliphatic heterocycles. The van der Waals surface area contributed by atoms with E-state index in [0.717, 1.165) is 45.6 Å². The maximum atomic E-state index is 11.5. The smallest absolute Gasteiger partial charge is 0.236 e. The van der Waals surface area contributed by atoms with Gasteiger partial charge < -0.3 is 15.4 Å². The van der Waals surface area contributed by atoms with Gasteiger partial charge in [0.2, 0.25) is 5.91 Å². The largest absolute Gasteiger partial charge is 0.381 e. The van der Waals surface area contributed by atoms with Crippen molar-refractivity contribution in [3.8, 4) is 0 Å². The second-order valence-corrected chi connectivity index (χ2v) is 3.93. The van der Waals surface area contributed by atoms with Crippen LogP contribution in [0.3, 0.4) is 0 Å². The van der Waals surface area contributed by atoms with Crippen LogP contribution in [0.5, 0.6) is 0 Å². The van der Waals surface area contributed by atoms with Crippen LogP contribution in [-0.4, -0.2) is 38.3 Å². The minimum absolute atomic E-state index is 0.0799. The van der Waals surface area contributed by atoms with Gasteiger partial charge in [-0.2, -0.15) is 0 Å². The van der Waals surface area contributed by atoms with Crippen LogP contribution >= 0.6 is 0 Å². The first-order chi connectivity index (χ1) is 7.72. The average molecular weight is 230 g/mol. The Balaban J connectivity index is 3.35. The van der Waals surface area contributed by atoms with Crippen molar-refractivity contribution >= 4 is 5.91 Å². The molecule has 0 aliphatic carbocycles. The number of hydrogen-bond acceptors (Lipinski definition) is 3. The average Bonchev–Trinajstić information content (AvgIpc) is 2.30. The zero-order valence-corrected chi connectivity index (χ0v) is 10.8. The van der Waals surface area contributed by atoms with Crippen LogP contribution in [0.2, 0.25) is 0 Å². The summed E-state index contributed by atoms with van der Waals surface area (Å²) in [4.78, 5) is 11.5. The van der Waals surface area contributed by atoms with E-state index in [1.54, 1.807) is 0 Å². The van der Waals surface area contributed by atoms with Crippen molar-refractivity contribution in [3.63, 3.8) is 0 Å². The van der Waals surface area contributed by atoms with E-state index in [1.165, 1.54) is 0 Å². The summed E-state index contributed by atoms with van der Waals surface area (Å²) in [5.41, 5.74) is 0. The number of carbonyl (C=O) groups is 1. The molecule has 0 fully saturated rings. The Labute approximate surface area is 99.1 Å². The number of ether oxygens (including phenoxy) is 1. The van der Waals surface area contributed by atoms with Gasteiger partial charge in [-0.3, -0.25) is 4.79 Å². The molecule has 0 aliphatic rings. The Hall–Kier alpha value is -0.610. The lowest BCUT2D eigenvalue weighted by Gasteiger charge is -2.13. The summed E-state index contributed by atoms with van der Waals surface area (Å²) in [6.07, 6.45) is 2.98. The molecule has 96 valence electrons. The standard InChI is InChI=1S/C12H26N2O2/c1-4-7-14-12(15)11(3)13-8-6-10-16-9-5-2/h11,13H,4-10H2,1-3H3,(H,14,15). The second-order valence-electron chi connectivity index (χ2n) is 3.93. The van der Waals surface area contributed by atoms with Gasteiger partial charge in [0.15, 0.2) is 0 Å². The fourth-order valence-electron chi connectivity index (χ4n) is 1.23. The van der Waals surface area contributed by atoms with Crippen molar-refractivity contribution in [2.45, 2.75) is 46.1 Å². The topological polar surface area (TPSA) is 50.4 Å². The molecule has 4 nitrogen and oxygen atoms in total. The minimum atomic E-state index is -0.113. The summed E-state index contributed by atoms with van der Waals surface area (Å²) in [5.74, 6) is 0.0799. The number of rotatable bonds is 10. The number of carbonyl (C=O) groups excluding carboxylic acids is 1. The molecule has 0 aromatic heterocycles. The van der Waals surface area contributed by atoms with Gasteiger partial charge in [0.05, 0.1) is 6.04 Å². The van der Waals surface area contributed by atoms with Crippen molar-refractivity contribution in [3.05, 3.63) is 0 Å². The van der Waals surface area contributed by atoms with Crippen molar-refractivity contribution in [2.75, 3.05) is 26.3 Å². The van der Waals surface area contributed by atoms with Crippen LogP contribution < -0.4 is 10.6 Å². The van der Waals surface area contributed by atoms with Crippen LogP contribution in [0, 0.1) is 0 Å². The van der Waals surface area contributed by atoms with Crippen molar-refractivity contribution in [1.29, 1.82) is 0 Å². The monoisotopic (exact) mass is 230 g/mol. The zero-order chi connectivity index (χ0) is 12.2. The second kappa shape index (κ2) is 10.9. The highest BCUT2D eigenvalue weighted by molar-refractivity contribution is 5.81. The molecule has 2 N–H and O–H groups in total. The third-order valence-electron chi connectivity index (χ3n) is 2.21. The first-order valence-corrected chi connectivity index (χ1v) is 6.31. The molecule has 1 amide bonds. The molecule has 1 unspecified atom stereocenters. The lowest BCUT2D eigenvalue weighted by Crippen LogP contribution is -2.42. The predicted octanol–water partition coefficient (Wildman–Crippen LogP) is 1.31. The van der Waals surface area contributed by atoms with E-state index in [-0.39, 0.29) is 11.9 Å². The summed E-state index contributed by atoms with van der Waals surface area (Å²) in [6.45, 7) is 9.20. The van der Waals surface area contributed by atoms with Gasteiger partial charge in [0.1, 0.15) is 0 Å². The van der Waals surface area contributed by atoms with Crippen molar-refractivity contribution in [2.24, 2.45) is 0 Å². The molecule has 0 spiro atoms. The summed E-state index contributed by atoms with van der Waals surface area (Å²) in [6, 6.07) is -0.113. The predicted molar refractivity (Wildman–Crippen MR) is 66.5 cm³/mol. The molecular formula is C12H26N2O2. The molecule has 0 aromatic rings. The Kier molecular flexibility index (Phi) is 10.5. The molecule has 4 heteroatoms. The van der Waals surface area contributed by atoms with Crippen molar-refractivity contribution < 1.29 is 9.53 Å². The molecule has 0 heterocycles. The molecule has 0 saturated heterocycles. The molecule has 0 radical (unpaired) electrons. The zero-order valence-electron chi connectivity index (χ0n) is 10.8. The van der Waals surface area contributed by atoms with E-state index < -0.39 is 0 Å². The first kappa shape index (κ1) is 15.4. The summed E-state index contributed by atoms with van der Waals surface area (Å²) < 4.78 is 5.35. The molecule has 1 atom stereocenters. The highest BCUT2D eigenvalue weighted by atomic mass is 16.5. The van der Waals surface area contributed by atoms with E-state index in [1.807, 2.05) is 13.8 Å². The van der Waals surface area contributed by atoms with Gasteiger partial charge in [-0.05, 0) is 32.7 Å². The Bertz CT molecular complexity index is 174. The van der Waals surface area contributed by atoms with Crippen LogP contribution in [-0.2, 0) is 9.53 Å². The Morgan fingerprint density at radius 2 is 1.94 bits per heavy atom. The van der Waals surface area contributed by atoms with Crippen LogP contribution in [0.15, 0.2) is 0 Å². The third-order valence-corrected chi connectivity index (χ3v) is 2.21. The normalized spacial score (nSPS) is 12.4. The number of nitrogens with one attached hydrogen (secondary N) is 2. The van der Waals surface area contributed by atoms with Gasteiger partial charge in [-0.1, -0.05) is 13.8 Å². The molecule has 0 bridgehead atoms. The first-order valence-electron chi connectivity index (χ1n) is 6.31. The highest BCUT2D eigenvalue weighted by Gasteiger charge is 2.09. The fourth-order valence-corrected chi connectivity index (χ4v) is 1.23. The Morgan fingerprint density at radius 3 is 2.56 bits per heavy atom. The van der Waals surface area contributed by atoms with Crippen LogP contribution in [0.1, 0.15) is 40.0 Å². The van der Waals surface area contributed by atoms with Gasteiger partial charge in [-0.25, -0.2) is 0 Å². The van der Waals surface area contributed by atoms with Gasteiger partial charge in [0, 0.05) is 19.8 Å². The van der Waals surface area contributed by atoms with Crippen LogP contribution in [0.4, 0.5) is 0 Å². The minimum Gasteiger partial charge on any atom is -0.381 e. The van der Waals surface area contributed by atoms with Crippen molar-refractivity contribution in [1.82, 2.24) is 10.6 Å². The number of hydrogen-bond donors (Lipinski definition) is 2.